The standard InChI is InChI=1S/C10H14ClN3O/c11-5-6-13-10(15)14-7-8-1-3-9(12)4-2-8/h1-4H,5-7,12H2,(H2,13,14,15). The molecule has 0 fully saturated rings. The van der Waals surface area contributed by atoms with Crippen LogP contribution in [0.5, 0.6) is 0 Å². The maximum atomic E-state index is 11.1. The van der Waals surface area contributed by atoms with Crippen molar-refractivity contribution < 1.29 is 4.79 Å². The van der Waals surface area contributed by atoms with Gasteiger partial charge in [-0.1, -0.05) is 12.1 Å². The number of carbonyl (C=O) groups excluding carboxylic acids is 1. The van der Waals surface area contributed by atoms with E-state index in [1.165, 1.54) is 0 Å². The molecule has 15 heavy (non-hydrogen) atoms. The minimum atomic E-state index is -0.215. The molecule has 0 unspecified atom stereocenters. The van der Waals surface area contributed by atoms with E-state index in [1.54, 1.807) is 12.1 Å². The monoisotopic (exact) mass is 227 g/mol. The minimum Gasteiger partial charge on any atom is -0.399 e. The second-order valence-corrected chi connectivity index (χ2v) is 3.42. The summed E-state index contributed by atoms with van der Waals surface area (Å²) in [6.45, 7) is 0.948. The van der Waals surface area contributed by atoms with Gasteiger partial charge >= 0.3 is 6.03 Å². The number of benzene rings is 1. The van der Waals surface area contributed by atoms with Crippen LogP contribution in [0.1, 0.15) is 5.56 Å². The predicted molar refractivity (Wildman–Crippen MR) is 61.8 cm³/mol. The molecule has 4 nitrogen and oxygen atoms in total. The van der Waals surface area contributed by atoms with Crippen molar-refractivity contribution >= 4 is 23.3 Å². The second-order valence-electron chi connectivity index (χ2n) is 3.04. The van der Waals surface area contributed by atoms with Crippen LogP contribution in [-0.2, 0) is 6.54 Å². The molecule has 5 heteroatoms. The lowest BCUT2D eigenvalue weighted by Crippen LogP contribution is -2.36. The Morgan fingerprint density at radius 2 is 1.93 bits per heavy atom. The van der Waals surface area contributed by atoms with Crippen molar-refractivity contribution in [1.82, 2.24) is 10.6 Å². The summed E-state index contributed by atoms with van der Waals surface area (Å²) in [5.74, 6) is 0.412. The number of amides is 2. The zero-order valence-corrected chi connectivity index (χ0v) is 9.05. The lowest BCUT2D eigenvalue weighted by molar-refractivity contribution is 0.241. The molecule has 1 aromatic rings. The number of hydrogen-bond donors (Lipinski definition) is 3. The van der Waals surface area contributed by atoms with Gasteiger partial charge in [0.05, 0.1) is 0 Å². The largest absolute Gasteiger partial charge is 0.399 e. The number of anilines is 1. The number of nitrogen functional groups attached to an aromatic ring is 1. The highest BCUT2D eigenvalue weighted by molar-refractivity contribution is 6.18. The van der Waals surface area contributed by atoms with Gasteiger partial charge in [-0.2, -0.15) is 0 Å². The van der Waals surface area contributed by atoms with Crippen LogP contribution in [0.3, 0.4) is 0 Å². The number of halogens is 1. The van der Waals surface area contributed by atoms with Gasteiger partial charge in [-0.3, -0.25) is 0 Å². The summed E-state index contributed by atoms with van der Waals surface area (Å²) >= 11 is 5.42. The Bertz CT molecular complexity index is 313. The SMILES string of the molecule is Nc1ccc(CNC(=O)NCCCl)cc1. The predicted octanol–water partition coefficient (Wildman–Crippen LogP) is 1.31. The Balaban J connectivity index is 2.30. The summed E-state index contributed by atoms with van der Waals surface area (Å²) in [5.41, 5.74) is 7.25. The van der Waals surface area contributed by atoms with Gasteiger partial charge in [-0.25, -0.2) is 4.79 Å². The van der Waals surface area contributed by atoms with Gasteiger partial charge < -0.3 is 16.4 Å². The first-order valence-corrected chi connectivity index (χ1v) is 5.18. The number of rotatable bonds is 4. The van der Waals surface area contributed by atoms with Gasteiger partial charge in [-0.15, -0.1) is 11.6 Å². The second kappa shape index (κ2) is 6.14. The van der Waals surface area contributed by atoms with E-state index < -0.39 is 0 Å². The lowest BCUT2D eigenvalue weighted by atomic mass is 10.2. The number of nitrogens with two attached hydrogens (primary N) is 1. The number of nitrogens with one attached hydrogen (secondary N) is 2. The Morgan fingerprint density at radius 1 is 1.27 bits per heavy atom. The first-order valence-electron chi connectivity index (χ1n) is 4.64. The molecule has 0 aromatic heterocycles. The summed E-state index contributed by atoms with van der Waals surface area (Å²) in [5, 5.41) is 5.31. The number of hydrogen-bond acceptors (Lipinski definition) is 2. The fraction of sp³-hybridized carbons (Fsp3) is 0.300. The highest BCUT2D eigenvalue weighted by Gasteiger charge is 1.98. The van der Waals surface area contributed by atoms with Crippen LogP contribution in [0, 0.1) is 0 Å². The Kier molecular flexibility index (Phi) is 4.77. The molecule has 0 spiro atoms. The Labute approximate surface area is 93.8 Å². The molecule has 0 aliphatic carbocycles. The normalized spacial score (nSPS) is 9.67. The Morgan fingerprint density at radius 3 is 2.53 bits per heavy atom. The molecule has 0 radical (unpaired) electrons. The van der Waals surface area contributed by atoms with E-state index in [4.69, 9.17) is 17.3 Å². The molecule has 2 amide bonds. The Hall–Kier alpha value is -1.42. The third-order valence-corrected chi connectivity index (χ3v) is 2.00. The van der Waals surface area contributed by atoms with E-state index in [2.05, 4.69) is 10.6 Å². The van der Waals surface area contributed by atoms with Gasteiger partial charge in [0.2, 0.25) is 0 Å². The molecule has 0 aliphatic rings. The lowest BCUT2D eigenvalue weighted by Gasteiger charge is -2.06. The quantitative estimate of drug-likeness (QED) is 0.536. The molecule has 0 saturated heterocycles. The molecule has 0 heterocycles. The van der Waals surface area contributed by atoms with Crippen LogP contribution in [-0.4, -0.2) is 18.5 Å². The van der Waals surface area contributed by atoms with Crippen LogP contribution in [0.4, 0.5) is 10.5 Å². The molecular weight excluding hydrogens is 214 g/mol. The maximum Gasteiger partial charge on any atom is 0.315 e. The zero-order valence-electron chi connectivity index (χ0n) is 8.29. The third-order valence-electron chi connectivity index (χ3n) is 1.81. The molecule has 82 valence electrons. The van der Waals surface area contributed by atoms with Gasteiger partial charge in [0, 0.05) is 24.7 Å². The van der Waals surface area contributed by atoms with Crippen molar-refractivity contribution in [3.05, 3.63) is 29.8 Å². The zero-order chi connectivity index (χ0) is 11.1. The van der Waals surface area contributed by atoms with Crippen molar-refractivity contribution in [3.63, 3.8) is 0 Å². The average Bonchev–Trinajstić information content (AvgIpc) is 2.25. The van der Waals surface area contributed by atoms with E-state index in [0.717, 1.165) is 5.56 Å². The molecule has 0 saturated carbocycles. The fourth-order valence-electron chi connectivity index (χ4n) is 1.04. The van der Waals surface area contributed by atoms with E-state index >= 15 is 0 Å². The molecule has 0 bridgehead atoms. The van der Waals surface area contributed by atoms with Crippen molar-refractivity contribution in [2.45, 2.75) is 6.54 Å². The van der Waals surface area contributed by atoms with Crippen molar-refractivity contribution in [3.8, 4) is 0 Å². The van der Waals surface area contributed by atoms with Gasteiger partial charge in [0.1, 0.15) is 0 Å². The number of urea groups is 1. The third kappa shape index (κ3) is 4.56. The molecule has 1 rings (SSSR count). The van der Waals surface area contributed by atoms with Gasteiger partial charge in [0.25, 0.3) is 0 Å². The minimum absolute atomic E-state index is 0.215. The van der Waals surface area contributed by atoms with Crippen LogP contribution >= 0.6 is 11.6 Å². The summed E-state index contributed by atoms with van der Waals surface area (Å²) in [4.78, 5) is 11.1. The van der Waals surface area contributed by atoms with Gasteiger partial charge in [-0.05, 0) is 17.7 Å². The first kappa shape index (κ1) is 11.7. The molecule has 4 N–H and O–H groups in total. The van der Waals surface area contributed by atoms with Crippen LogP contribution in [0.2, 0.25) is 0 Å². The van der Waals surface area contributed by atoms with Crippen LogP contribution < -0.4 is 16.4 Å². The fourth-order valence-corrected chi connectivity index (χ4v) is 1.14. The maximum absolute atomic E-state index is 11.1. The van der Waals surface area contributed by atoms with Crippen molar-refractivity contribution in [1.29, 1.82) is 0 Å². The molecular formula is C10H14ClN3O. The topological polar surface area (TPSA) is 67.1 Å². The van der Waals surface area contributed by atoms with E-state index in [-0.39, 0.29) is 6.03 Å². The van der Waals surface area contributed by atoms with Crippen LogP contribution in [0.15, 0.2) is 24.3 Å². The summed E-state index contributed by atoms with van der Waals surface area (Å²) in [6.07, 6.45) is 0. The molecule has 0 aliphatic heterocycles. The van der Waals surface area contributed by atoms with Crippen molar-refractivity contribution in [2.75, 3.05) is 18.2 Å². The smallest absolute Gasteiger partial charge is 0.315 e. The van der Waals surface area contributed by atoms with E-state index in [0.29, 0.717) is 24.7 Å². The summed E-state index contributed by atoms with van der Waals surface area (Å²) < 4.78 is 0. The first-order chi connectivity index (χ1) is 7.22. The van der Waals surface area contributed by atoms with Crippen molar-refractivity contribution in [2.24, 2.45) is 0 Å². The van der Waals surface area contributed by atoms with E-state index in [1.807, 2.05) is 12.1 Å². The van der Waals surface area contributed by atoms with E-state index in [9.17, 15) is 4.79 Å². The van der Waals surface area contributed by atoms with Crippen LogP contribution in [0.25, 0.3) is 0 Å². The number of alkyl halides is 1. The molecule has 1 aromatic carbocycles. The summed E-state index contributed by atoms with van der Waals surface area (Å²) in [6, 6.07) is 7.13. The highest BCUT2D eigenvalue weighted by atomic mass is 35.5. The van der Waals surface area contributed by atoms with Gasteiger partial charge in [0.15, 0.2) is 0 Å². The number of carbonyl (C=O) groups is 1. The average molecular weight is 228 g/mol. The summed E-state index contributed by atoms with van der Waals surface area (Å²) in [7, 11) is 0. The highest BCUT2D eigenvalue weighted by Crippen LogP contribution is 2.04. The molecule has 0 atom stereocenters.